The summed E-state index contributed by atoms with van der Waals surface area (Å²) in [5.74, 6) is -0.739. The molecule has 3 nitrogen and oxygen atoms in total. The van der Waals surface area contributed by atoms with E-state index >= 15 is 0 Å². The zero-order chi connectivity index (χ0) is 9.73. The summed E-state index contributed by atoms with van der Waals surface area (Å²) in [5.41, 5.74) is 0. The van der Waals surface area contributed by atoms with Gasteiger partial charge in [-0.1, -0.05) is 13.8 Å². The second-order valence-corrected chi connectivity index (χ2v) is 3.44. The van der Waals surface area contributed by atoms with Crippen LogP contribution in [0.25, 0.3) is 0 Å². The van der Waals surface area contributed by atoms with Gasteiger partial charge in [-0.25, -0.2) is 0 Å². The van der Waals surface area contributed by atoms with Gasteiger partial charge in [0.2, 0.25) is 5.79 Å². The van der Waals surface area contributed by atoms with Crippen molar-refractivity contribution in [3.05, 3.63) is 0 Å². The number of carbonyl (C=O) groups excluding carboxylic acids is 1. The fourth-order valence-corrected chi connectivity index (χ4v) is 1.66. The highest BCUT2D eigenvalue weighted by atomic mass is 16.7. The number of rotatable bonds is 4. The maximum absolute atomic E-state index is 11.1. The largest absolute Gasteiger partial charge is 0.433 e. The summed E-state index contributed by atoms with van der Waals surface area (Å²) in [6.07, 6.45) is 4.08. The van der Waals surface area contributed by atoms with Gasteiger partial charge in [-0.2, -0.15) is 0 Å². The van der Waals surface area contributed by atoms with E-state index < -0.39 is 5.79 Å². The molecule has 0 N–H and O–H groups in total. The first kappa shape index (κ1) is 10.5. The zero-order valence-corrected chi connectivity index (χ0v) is 8.47. The third-order valence-electron chi connectivity index (χ3n) is 2.29. The molecule has 0 saturated carbocycles. The maximum Gasteiger partial charge on any atom is 0.308 e. The van der Waals surface area contributed by atoms with Gasteiger partial charge in [-0.3, -0.25) is 4.79 Å². The fourth-order valence-electron chi connectivity index (χ4n) is 1.66. The number of ether oxygens (including phenoxy) is 2. The lowest BCUT2D eigenvalue weighted by atomic mass is 10.1. The van der Waals surface area contributed by atoms with Crippen LogP contribution < -0.4 is 0 Å². The minimum Gasteiger partial charge on any atom is -0.433 e. The first-order valence-corrected chi connectivity index (χ1v) is 5.08. The van der Waals surface area contributed by atoms with Crippen LogP contribution in [0.1, 0.15) is 46.0 Å². The molecule has 0 amide bonds. The van der Waals surface area contributed by atoms with E-state index in [1.165, 1.54) is 0 Å². The Balaban J connectivity index is 2.51. The molecule has 1 heterocycles. The van der Waals surface area contributed by atoms with Crippen molar-refractivity contribution in [1.29, 1.82) is 0 Å². The van der Waals surface area contributed by atoms with Crippen LogP contribution in [-0.2, 0) is 14.3 Å². The molecule has 0 aliphatic carbocycles. The van der Waals surface area contributed by atoms with E-state index in [1.807, 2.05) is 0 Å². The quantitative estimate of drug-likeness (QED) is 0.632. The van der Waals surface area contributed by atoms with E-state index in [0.29, 0.717) is 6.42 Å². The third-order valence-corrected chi connectivity index (χ3v) is 2.29. The Kier molecular flexibility index (Phi) is 3.72. The summed E-state index contributed by atoms with van der Waals surface area (Å²) >= 11 is 0. The van der Waals surface area contributed by atoms with Crippen molar-refractivity contribution in [2.24, 2.45) is 0 Å². The lowest BCUT2D eigenvalue weighted by Crippen LogP contribution is -2.33. The van der Waals surface area contributed by atoms with Crippen molar-refractivity contribution in [2.75, 3.05) is 6.61 Å². The van der Waals surface area contributed by atoms with Gasteiger partial charge in [-0.05, 0) is 12.8 Å². The van der Waals surface area contributed by atoms with Crippen LogP contribution in [-0.4, -0.2) is 18.4 Å². The van der Waals surface area contributed by atoms with Gasteiger partial charge in [0.05, 0.1) is 6.61 Å². The van der Waals surface area contributed by atoms with E-state index in [4.69, 9.17) is 9.47 Å². The molecule has 0 radical (unpaired) electrons. The van der Waals surface area contributed by atoms with Crippen molar-refractivity contribution in [2.45, 2.75) is 51.7 Å². The van der Waals surface area contributed by atoms with Crippen LogP contribution in [0.5, 0.6) is 0 Å². The highest BCUT2D eigenvalue weighted by molar-refractivity contribution is 5.69. The number of carbonyl (C=O) groups is 1. The molecule has 1 unspecified atom stereocenters. The average Bonchev–Trinajstić information content (AvgIpc) is 2.54. The molecular weight excluding hydrogens is 168 g/mol. The van der Waals surface area contributed by atoms with Crippen molar-refractivity contribution >= 4 is 5.97 Å². The van der Waals surface area contributed by atoms with Gasteiger partial charge in [0, 0.05) is 19.3 Å². The number of hydrogen-bond donors (Lipinski definition) is 0. The van der Waals surface area contributed by atoms with Crippen LogP contribution in [0.15, 0.2) is 0 Å². The normalized spacial score (nSPS) is 27.5. The van der Waals surface area contributed by atoms with Gasteiger partial charge in [-0.15, -0.1) is 0 Å². The second-order valence-electron chi connectivity index (χ2n) is 3.44. The lowest BCUT2D eigenvalue weighted by Gasteiger charge is -2.27. The first-order valence-electron chi connectivity index (χ1n) is 5.08. The predicted octanol–water partition coefficient (Wildman–Crippen LogP) is 2.25. The van der Waals surface area contributed by atoms with E-state index in [0.717, 1.165) is 32.3 Å². The summed E-state index contributed by atoms with van der Waals surface area (Å²) in [7, 11) is 0. The standard InChI is InChI=1S/C10H18O3/c1-3-6-10(7-5-8-12-10)13-9(11)4-2/h3-8H2,1-2H3. The Labute approximate surface area is 79.4 Å². The topological polar surface area (TPSA) is 35.5 Å². The molecule has 1 fully saturated rings. The van der Waals surface area contributed by atoms with Crippen LogP contribution in [0.2, 0.25) is 0 Å². The van der Waals surface area contributed by atoms with E-state index in [-0.39, 0.29) is 5.97 Å². The zero-order valence-electron chi connectivity index (χ0n) is 8.47. The number of hydrogen-bond acceptors (Lipinski definition) is 3. The molecule has 0 spiro atoms. The highest BCUT2D eigenvalue weighted by Gasteiger charge is 2.37. The first-order chi connectivity index (χ1) is 6.22. The minimum atomic E-state index is -0.582. The molecule has 1 atom stereocenters. The molecule has 3 heteroatoms. The summed E-state index contributed by atoms with van der Waals surface area (Å²) in [6, 6.07) is 0. The molecular formula is C10H18O3. The van der Waals surface area contributed by atoms with Gasteiger partial charge >= 0.3 is 5.97 Å². The van der Waals surface area contributed by atoms with E-state index in [9.17, 15) is 4.79 Å². The fraction of sp³-hybridized carbons (Fsp3) is 0.900. The molecule has 0 bridgehead atoms. The summed E-state index contributed by atoms with van der Waals surface area (Å²) in [4.78, 5) is 11.1. The van der Waals surface area contributed by atoms with E-state index in [2.05, 4.69) is 6.92 Å². The molecule has 0 aromatic rings. The lowest BCUT2D eigenvalue weighted by molar-refractivity contribution is -0.216. The molecule has 1 rings (SSSR count). The Morgan fingerprint density at radius 3 is 2.77 bits per heavy atom. The van der Waals surface area contributed by atoms with Gasteiger partial charge < -0.3 is 9.47 Å². The van der Waals surface area contributed by atoms with Crippen molar-refractivity contribution in [3.63, 3.8) is 0 Å². The van der Waals surface area contributed by atoms with Gasteiger partial charge in [0.15, 0.2) is 0 Å². The molecule has 0 aromatic carbocycles. The van der Waals surface area contributed by atoms with Crippen LogP contribution in [0, 0.1) is 0 Å². The smallest absolute Gasteiger partial charge is 0.308 e. The SMILES string of the molecule is CCCC1(OC(=O)CC)CCCO1. The van der Waals surface area contributed by atoms with Crippen molar-refractivity contribution < 1.29 is 14.3 Å². The summed E-state index contributed by atoms with van der Waals surface area (Å²) in [5, 5.41) is 0. The molecule has 76 valence electrons. The van der Waals surface area contributed by atoms with Crippen molar-refractivity contribution in [3.8, 4) is 0 Å². The minimum absolute atomic E-state index is 0.157. The van der Waals surface area contributed by atoms with Crippen LogP contribution >= 0.6 is 0 Å². The molecule has 0 aromatic heterocycles. The van der Waals surface area contributed by atoms with Crippen LogP contribution in [0.3, 0.4) is 0 Å². The van der Waals surface area contributed by atoms with Gasteiger partial charge in [0.1, 0.15) is 0 Å². The second kappa shape index (κ2) is 4.61. The highest BCUT2D eigenvalue weighted by Crippen LogP contribution is 2.31. The summed E-state index contributed by atoms with van der Waals surface area (Å²) in [6.45, 7) is 4.59. The monoisotopic (exact) mass is 186 g/mol. The molecule has 13 heavy (non-hydrogen) atoms. The van der Waals surface area contributed by atoms with Crippen LogP contribution in [0.4, 0.5) is 0 Å². The Hall–Kier alpha value is -0.570. The Bertz CT molecular complexity index is 171. The molecule has 1 saturated heterocycles. The predicted molar refractivity (Wildman–Crippen MR) is 49.2 cm³/mol. The van der Waals surface area contributed by atoms with Gasteiger partial charge in [0.25, 0.3) is 0 Å². The Morgan fingerprint density at radius 2 is 2.31 bits per heavy atom. The molecule has 1 aliphatic heterocycles. The maximum atomic E-state index is 11.1. The van der Waals surface area contributed by atoms with E-state index in [1.54, 1.807) is 6.92 Å². The third kappa shape index (κ3) is 2.69. The molecule has 1 aliphatic rings. The van der Waals surface area contributed by atoms with Crippen molar-refractivity contribution in [1.82, 2.24) is 0 Å². The Morgan fingerprint density at radius 1 is 1.54 bits per heavy atom. The summed E-state index contributed by atoms with van der Waals surface area (Å²) < 4.78 is 10.8. The average molecular weight is 186 g/mol. The number of esters is 1.